The summed E-state index contributed by atoms with van der Waals surface area (Å²) in [5.74, 6) is 1.20. The van der Waals surface area contributed by atoms with Crippen LogP contribution in [0.1, 0.15) is 23.2 Å². The summed E-state index contributed by atoms with van der Waals surface area (Å²) in [6.45, 7) is 0.980. The van der Waals surface area contributed by atoms with Crippen LogP contribution in [0, 0.1) is 0 Å². The van der Waals surface area contributed by atoms with E-state index in [4.69, 9.17) is 25.8 Å². The summed E-state index contributed by atoms with van der Waals surface area (Å²) in [5.41, 5.74) is 0.958. The molecule has 7 heteroatoms. The minimum atomic E-state index is -0.268. The van der Waals surface area contributed by atoms with Gasteiger partial charge in [0.2, 0.25) is 5.91 Å². The summed E-state index contributed by atoms with van der Waals surface area (Å²) in [7, 11) is 1.48. The van der Waals surface area contributed by atoms with Crippen LogP contribution in [0.4, 0.5) is 5.69 Å². The molecule has 1 N–H and O–H groups in total. The minimum Gasteiger partial charge on any atom is -0.496 e. The van der Waals surface area contributed by atoms with E-state index >= 15 is 0 Å². The van der Waals surface area contributed by atoms with Crippen LogP contribution in [0.3, 0.4) is 0 Å². The number of amides is 1. The molecule has 0 spiro atoms. The van der Waals surface area contributed by atoms with Gasteiger partial charge in [0.25, 0.3) is 0 Å². The lowest BCUT2D eigenvalue weighted by Crippen LogP contribution is -2.17. The second kappa shape index (κ2) is 8.10. The lowest BCUT2D eigenvalue weighted by Gasteiger charge is -2.19. The Hall–Kier alpha value is -2.73. The highest BCUT2D eigenvalue weighted by Crippen LogP contribution is 2.32. The summed E-state index contributed by atoms with van der Waals surface area (Å²) in [6, 6.07) is 9.99. The lowest BCUT2D eigenvalue weighted by molar-refractivity contribution is -0.116. The molecule has 0 radical (unpaired) electrons. The Morgan fingerprint density at radius 3 is 2.62 bits per heavy atom. The molecule has 1 aliphatic heterocycles. The van der Waals surface area contributed by atoms with Crippen molar-refractivity contribution >= 4 is 29.0 Å². The van der Waals surface area contributed by atoms with Crippen molar-refractivity contribution in [3.8, 4) is 17.2 Å². The van der Waals surface area contributed by atoms with Crippen molar-refractivity contribution in [1.29, 1.82) is 0 Å². The van der Waals surface area contributed by atoms with Crippen molar-refractivity contribution < 1.29 is 23.8 Å². The van der Waals surface area contributed by atoms with Crippen molar-refractivity contribution in [3.63, 3.8) is 0 Å². The van der Waals surface area contributed by atoms with E-state index in [0.29, 0.717) is 46.7 Å². The third-order valence-corrected chi connectivity index (χ3v) is 4.10. The first kappa shape index (κ1) is 18.1. The summed E-state index contributed by atoms with van der Waals surface area (Å²) in [6.07, 6.45) is 0.0933. The molecule has 1 aliphatic rings. The summed E-state index contributed by atoms with van der Waals surface area (Å²) in [4.78, 5) is 24.5. The van der Waals surface area contributed by atoms with Crippen LogP contribution in [0.15, 0.2) is 36.4 Å². The standard InChI is InChI=1S/C19H18ClNO5/c1-24-16-5-2-12(20)10-14(16)15(22)4-7-19(23)21-13-3-6-17-18(11-13)26-9-8-25-17/h2-3,5-6,10-11H,4,7-9H2,1H3,(H,21,23). The highest BCUT2D eigenvalue weighted by molar-refractivity contribution is 6.31. The van der Waals surface area contributed by atoms with Gasteiger partial charge in [-0.05, 0) is 30.3 Å². The highest BCUT2D eigenvalue weighted by atomic mass is 35.5. The zero-order valence-corrected chi connectivity index (χ0v) is 15.0. The zero-order valence-electron chi connectivity index (χ0n) is 14.2. The fourth-order valence-electron chi connectivity index (χ4n) is 2.60. The Bertz CT molecular complexity index is 837. The first-order valence-corrected chi connectivity index (χ1v) is 8.51. The Morgan fingerprint density at radius 2 is 1.85 bits per heavy atom. The maximum absolute atomic E-state index is 12.4. The lowest BCUT2D eigenvalue weighted by atomic mass is 10.1. The molecule has 2 aromatic carbocycles. The van der Waals surface area contributed by atoms with Gasteiger partial charge in [-0.25, -0.2) is 0 Å². The Kier molecular flexibility index (Phi) is 5.63. The topological polar surface area (TPSA) is 73.9 Å². The van der Waals surface area contributed by atoms with Crippen LogP contribution in [0.25, 0.3) is 0 Å². The van der Waals surface area contributed by atoms with Crippen LogP contribution in [0.2, 0.25) is 5.02 Å². The second-order valence-electron chi connectivity index (χ2n) is 5.67. The monoisotopic (exact) mass is 375 g/mol. The van der Waals surface area contributed by atoms with Crippen molar-refractivity contribution in [3.05, 3.63) is 47.0 Å². The second-order valence-corrected chi connectivity index (χ2v) is 6.11. The molecule has 6 nitrogen and oxygen atoms in total. The van der Waals surface area contributed by atoms with E-state index in [2.05, 4.69) is 5.32 Å². The molecule has 0 unspecified atom stereocenters. The maximum Gasteiger partial charge on any atom is 0.224 e. The maximum atomic E-state index is 12.4. The van der Waals surface area contributed by atoms with Crippen molar-refractivity contribution in [2.75, 3.05) is 25.6 Å². The zero-order chi connectivity index (χ0) is 18.5. The van der Waals surface area contributed by atoms with E-state index in [-0.39, 0.29) is 24.5 Å². The molecule has 136 valence electrons. The molecule has 1 heterocycles. The van der Waals surface area contributed by atoms with Gasteiger partial charge in [0.05, 0.1) is 12.7 Å². The normalized spacial score (nSPS) is 12.4. The number of Topliss-reactive ketones (excluding diaryl/α,β-unsaturated/α-hetero) is 1. The predicted molar refractivity (Wildman–Crippen MR) is 97.6 cm³/mol. The smallest absolute Gasteiger partial charge is 0.224 e. The number of carbonyl (C=O) groups is 2. The van der Waals surface area contributed by atoms with Crippen LogP contribution in [0.5, 0.6) is 17.2 Å². The Labute approximate surface area is 156 Å². The Balaban J connectivity index is 1.59. The number of hydrogen-bond donors (Lipinski definition) is 1. The fraction of sp³-hybridized carbons (Fsp3) is 0.263. The first-order valence-electron chi connectivity index (χ1n) is 8.13. The van der Waals surface area contributed by atoms with Crippen molar-refractivity contribution in [1.82, 2.24) is 0 Å². The van der Waals surface area contributed by atoms with E-state index < -0.39 is 0 Å². The quantitative estimate of drug-likeness (QED) is 0.779. The number of rotatable bonds is 6. The number of ether oxygens (including phenoxy) is 3. The molecule has 26 heavy (non-hydrogen) atoms. The van der Waals surface area contributed by atoms with Gasteiger partial charge in [-0.15, -0.1) is 0 Å². The van der Waals surface area contributed by atoms with Crippen molar-refractivity contribution in [2.24, 2.45) is 0 Å². The molecule has 0 atom stereocenters. The largest absolute Gasteiger partial charge is 0.496 e. The number of benzene rings is 2. The highest BCUT2D eigenvalue weighted by Gasteiger charge is 2.16. The summed E-state index contributed by atoms with van der Waals surface area (Å²) in [5, 5.41) is 3.19. The van der Waals surface area contributed by atoms with Gasteiger partial charge < -0.3 is 19.5 Å². The molecular formula is C19H18ClNO5. The third kappa shape index (κ3) is 4.26. The molecule has 2 aromatic rings. The molecule has 0 aromatic heterocycles. The van der Waals surface area contributed by atoms with Gasteiger partial charge >= 0.3 is 0 Å². The molecule has 0 fully saturated rings. The van der Waals surface area contributed by atoms with Gasteiger partial charge in [0.15, 0.2) is 17.3 Å². The molecule has 1 amide bonds. The predicted octanol–water partition coefficient (Wildman–Crippen LogP) is 3.72. The van der Waals surface area contributed by atoms with Crippen LogP contribution in [-0.2, 0) is 4.79 Å². The number of nitrogens with one attached hydrogen (secondary N) is 1. The minimum absolute atomic E-state index is 0.0446. The number of anilines is 1. The molecule has 3 rings (SSSR count). The summed E-state index contributed by atoms with van der Waals surface area (Å²) < 4.78 is 16.1. The van der Waals surface area contributed by atoms with Crippen LogP contribution in [-0.4, -0.2) is 32.0 Å². The summed E-state index contributed by atoms with van der Waals surface area (Å²) >= 11 is 5.94. The average molecular weight is 376 g/mol. The van der Waals surface area contributed by atoms with Gasteiger partial charge in [0.1, 0.15) is 19.0 Å². The van der Waals surface area contributed by atoms with E-state index in [1.54, 1.807) is 36.4 Å². The average Bonchev–Trinajstić information content (AvgIpc) is 2.66. The molecular weight excluding hydrogens is 358 g/mol. The van der Waals surface area contributed by atoms with E-state index in [1.807, 2.05) is 0 Å². The fourth-order valence-corrected chi connectivity index (χ4v) is 2.78. The molecule has 0 saturated heterocycles. The van der Waals surface area contributed by atoms with Gasteiger partial charge in [-0.2, -0.15) is 0 Å². The third-order valence-electron chi connectivity index (χ3n) is 3.87. The number of fused-ring (bicyclic) bond motifs is 1. The van der Waals surface area contributed by atoms with Gasteiger partial charge in [0, 0.05) is 29.6 Å². The first-order chi connectivity index (χ1) is 12.6. The number of halogens is 1. The van der Waals surface area contributed by atoms with Crippen molar-refractivity contribution in [2.45, 2.75) is 12.8 Å². The van der Waals surface area contributed by atoms with E-state index in [9.17, 15) is 9.59 Å². The molecule has 0 bridgehead atoms. The van der Waals surface area contributed by atoms with Crippen LogP contribution >= 0.6 is 11.6 Å². The van der Waals surface area contributed by atoms with Gasteiger partial charge in [-0.3, -0.25) is 9.59 Å². The number of ketones is 1. The Morgan fingerprint density at radius 1 is 1.08 bits per heavy atom. The van der Waals surface area contributed by atoms with E-state index in [1.165, 1.54) is 7.11 Å². The number of hydrogen-bond acceptors (Lipinski definition) is 5. The SMILES string of the molecule is COc1ccc(Cl)cc1C(=O)CCC(=O)Nc1ccc2c(c1)OCCO2. The number of methoxy groups -OCH3 is 1. The van der Waals surface area contributed by atoms with Gasteiger partial charge in [-0.1, -0.05) is 11.6 Å². The molecule has 0 saturated carbocycles. The van der Waals surface area contributed by atoms with E-state index in [0.717, 1.165) is 0 Å². The number of carbonyl (C=O) groups excluding carboxylic acids is 2. The molecule has 0 aliphatic carbocycles. The van der Waals surface area contributed by atoms with Crippen LogP contribution < -0.4 is 19.5 Å².